The molecule has 134 valence electrons. The van der Waals surface area contributed by atoms with Gasteiger partial charge in [-0.1, -0.05) is 71.7 Å². The van der Waals surface area contributed by atoms with Gasteiger partial charge in [0.25, 0.3) is 5.91 Å². The van der Waals surface area contributed by atoms with E-state index in [-0.39, 0.29) is 11.8 Å². The number of hydrogen-bond acceptors (Lipinski definition) is 4. The Labute approximate surface area is 164 Å². The van der Waals surface area contributed by atoms with Crippen molar-refractivity contribution in [2.45, 2.75) is 19.9 Å². The number of rotatable bonds is 5. The minimum atomic E-state index is -0.611. The summed E-state index contributed by atoms with van der Waals surface area (Å²) in [5.74, 6) is 0.189. The van der Waals surface area contributed by atoms with Gasteiger partial charge < -0.3 is 5.32 Å². The molecule has 1 heterocycles. The highest BCUT2D eigenvalue weighted by atomic mass is 79.9. The Balaban J connectivity index is 1.85. The average Bonchev–Trinajstić information content (AvgIpc) is 3.07. The third-order valence-corrected chi connectivity index (χ3v) is 4.60. The maximum Gasteiger partial charge on any atom is 0.251 e. The van der Waals surface area contributed by atoms with Crippen LogP contribution in [0.3, 0.4) is 0 Å². The van der Waals surface area contributed by atoms with Crippen molar-refractivity contribution in [1.82, 2.24) is 20.2 Å². The fraction of sp³-hybridized carbons (Fsp3) is 0.222. The zero-order valence-electron chi connectivity index (χ0n) is 14.2. The predicted molar refractivity (Wildman–Crippen MR) is 105 cm³/mol. The molecule has 0 bridgehead atoms. The second-order valence-electron chi connectivity index (χ2n) is 6.10. The van der Waals surface area contributed by atoms with Crippen molar-refractivity contribution in [1.29, 1.82) is 0 Å². The molecule has 8 heteroatoms. The van der Waals surface area contributed by atoms with E-state index >= 15 is 0 Å². The van der Waals surface area contributed by atoms with Crippen molar-refractivity contribution in [3.8, 4) is 11.4 Å². The van der Waals surface area contributed by atoms with Gasteiger partial charge in [-0.15, -0.1) is 10.2 Å². The molecule has 0 aliphatic heterocycles. The molecule has 1 unspecified atom stereocenters. The van der Waals surface area contributed by atoms with Crippen molar-refractivity contribution in [3.63, 3.8) is 0 Å². The first-order chi connectivity index (χ1) is 12.5. The summed E-state index contributed by atoms with van der Waals surface area (Å²) < 4.78 is 0.839. The van der Waals surface area contributed by atoms with E-state index in [9.17, 15) is 4.79 Å². The molecule has 6 nitrogen and oxygen atoms in total. The number of benzene rings is 2. The summed E-state index contributed by atoms with van der Waals surface area (Å²) in [4.78, 5) is 14.2. The molecule has 0 aliphatic carbocycles. The molecule has 1 aromatic heterocycles. The lowest BCUT2D eigenvalue weighted by molar-refractivity contribution is -0.121. The normalized spacial score (nSPS) is 12.2. The van der Waals surface area contributed by atoms with E-state index in [2.05, 4.69) is 36.7 Å². The van der Waals surface area contributed by atoms with Gasteiger partial charge in [-0.3, -0.25) is 4.79 Å². The molecule has 0 fully saturated rings. The van der Waals surface area contributed by atoms with Crippen molar-refractivity contribution < 1.29 is 4.79 Å². The van der Waals surface area contributed by atoms with Crippen LogP contribution in [0.15, 0.2) is 53.0 Å². The number of amides is 1. The molecule has 0 radical (unpaired) electrons. The van der Waals surface area contributed by atoms with E-state index in [1.54, 1.807) is 12.1 Å². The van der Waals surface area contributed by atoms with Crippen LogP contribution in [0.25, 0.3) is 11.4 Å². The Kier molecular flexibility index (Phi) is 5.68. The minimum absolute atomic E-state index is 0.0398. The van der Waals surface area contributed by atoms with E-state index in [0.717, 1.165) is 10.0 Å². The zero-order chi connectivity index (χ0) is 18.7. The number of tetrazole rings is 1. The molecular formula is C18H17BrClN5O. The molecule has 2 aromatic carbocycles. The number of nitrogens with zero attached hydrogens (tertiary/aromatic N) is 4. The van der Waals surface area contributed by atoms with Crippen LogP contribution < -0.4 is 5.32 Å². The van der Waals surface area contributed by atoms with Gasteiger partial charge in [0.05, 0.1) is 10.7 Å². The van der Waals surface area contributed by atoms with Crippen LogP contribution in [0.5, 0.6) is 0 Å². The summed E-state index contributed by atoms with van der Waals surface area (Å²) in [7, 11) is 0. The summed E-state index contributed by atoms with van der Waals surface area (Å²) in [6, 6.07) is 14.2. The van der Waals surface area contributed by atoms with Gasteiger partial charge in [-0.2, -0.15) is 4.80 Å². The second kappa shape index (κ2) is 7.97. The van der Waals surface area contributed by atoms with Crippen LogP contribution in [0.1, 0.15) is 19.9 Å². The van der Waals surface area contributed by atoms with Crippen LogP contribution in [-0.4, -0.2) is 26.1 Å². The number of nitrogens with one attached hydrogen (secondary N) is 1. The van der Waals surface area contributed by atoms with Gasteiger partial charge in [-0.05, 0) is 29.3 Å². The minimum Gasteiger partial charge on any atom is -0.323 e. The van der Waals surface area contributed by atoms with E-state index in [0.29, 0.717) is 16.5 Å². The number of carbonyl (C=O) groups excluding carboxylic acids is 1. The topological polar surface area (TPSA) is 72.7 Å². The van der Waals surface area contributed by atoms with E-state index < -0.39 is 6.04 Å². The fourth-order valence-electron chi connectivity index (χ4n) is 2.52. The molecular weight excluding hydrogens is 418 g/mol. The Bertz CT molecular complexity index is 913. The number of anilines is 1. The standard InChI is InChI=1S/C18H17BrClN5O/c1-11(2)16(18(26)21-15-9-8-13(19)10-14(15)20)25-23-17(22-24-25)12-6-4-3-5-7-12/h3-11,16H,1-2H3,(H,21,26). The maximum absolute atomic E-state index is 12.8. The van der Waals surface area contributed by atoms with Crippen LogP contribution in [0, 0.1) is 5.92 Å². The van der Waals surface area contributed by atoms with Crippen molar-refractivity contribution in [3.05, 3.63) is 58.0 Å². The lowest BCUT2D eigenvalue weighted by Gasteiger charge is -2.19. The zero-order valence-corrected chi connectivity index (χ0v) is 16.6. The smallest absolute Gasteiger partial charge is 0.251 e. The predicted octanol–water partition coefficient (Wildman–Crippen LogP) is 4.59. The van der Waals surface area contributed by atoms with Crippen LogP contribution in [0.2, 0.25) is 5.02 Å². The summed E-state index contributed by atoms with van der Waals surface area (Å²) in [6.45, 7) is 3.86. The Hall–Kier alpha value is -2.25. The Morgan fingerprint density at radius 2 is 1.92 bits per heavy atom. The van der Waals surface area contributed by atoms with E-state index in [4.69, 9.17) is 11.6 Å². The van der Waals surface area contributed by atoms with Gasteiger partial charge in [0.2, 0.25) is 5.82 Å². The van der Waals surface area contributed by atoms with Crippen LogP contribution in [-0.2, 0) is 4.79 Å². The molecule has 1 atom stereocenters. The van der Waals surface area contributed by atoms with Gasteiger partial charge in [0.15, 0.2) is 6.04 Å². The highest BCUT2D eigenvalue weighted by Gasteiger charge is 2.27. The number of hydrogen-bond donors (Lipinski definition) is 1. The quantitative estimate of drug-likeness (QED) is 0.637. The third-order valence-electron chi connectivity index (χ3n) is 3.80. The fourth-order valence-corrected chi connectivity index (χ4v) is 3.24. The molecule has 0 saturated carbocycles. The van der Waals surface area contributed by atoms with Gasteiger partial charge in [-0.25, -0.2) is 0 Å². The first-order valence-electron chi connectivity index (χ1n) is 8.06. The molecule has 0 aliphatic rings. The highest BCUT2D eigenvalue weighted by Crippen LogP contribution is 2.27. The molecule has 1 amide bonds. The largest absolute Gasteiger partial charge is 0.323 e. The van der Waals surface area contributed by atoms with Crippen molar-refractivity contribution in [2.24, 2.45) is 5.92 Å². The molecule has 0 spiro atoms. The van der Waals surface area contributed by atoms with E-state index in [1.807, 2.05) is 50.2 Å². The summed E-state index contributed by atoms with van der Waals surface area (Å²) in [6.07, 6.45) is 0. The summed E-state index contributed by atoms with van der Waals surface area (Å²) in [5, 5.41) is 15.9. The molecule has 1 N–H and O–H groups in total. The SMILES string of the molecule is CC(C)C(C(=O)Nc1ccc(Br)cc1Cl)n1nnc(-c2ccccc2)n1. The highest BCUT2D eigenvalue weighted by molar-refractivity contribution is 9.10. The molecule has 26 heavy (non-hydrogen) atoms. The lowest BCUT2D eigenvalue weighted by Crippen LogP contribution is -2.31. The van der Waals surface area contributed by atoms with Crippen LogP contribution >= 0.6 is 27.5 Å². The van der Waals surface area contributed by atoms with Gasteiger partial charge in [0, 0.05) is 10.0 Å². The number of halogens is 2. The first-order valence-corrected chi connectivity index (χ1v) is 9.23. The Morgan fingerprint density at radius 1 is 1.19 bits per heavy atom. The molecule has 3 rings (SSSR count). The lowest BCUT2D eigenvalue weighted by atomic mass is 10.0. The number of carbonyl (C=O) groups is 1. The maximum atomic E-state index is 12.8. The first kappa shape index (κ1) is 18.5. The monoisotopic (exact) mass is 433 g/mol. The van der Waals surface area contributed by atoms with E-state index in [1.165, 1.54) is 4.80 Å². The third kappa shape index (κ3) is 4.11. The number of aromatic nitrogens is 4. The molecule has 3 aromatic rings. The van der Waals surface area contributed by atoms with Gasteiger partial charge >= 0.3 is 0 Å². The van der Waals surface area contributed by atoms with Crippen LogP contribution in [0.4, 0.5) is 5.69 Å². The van der Waals surface area contributed by atoms with Crippen molar-refractivity contribution >= 4 is 39.1 Å². The Morgan fingerprint density at radius 3 is 2.58 bits per heavy atom. The summed E-state index contributed by atoms with van der Waals surface area (Å²) >= 11 is 9.54. The summed E-state index contributed by atoms with van der Waals surface area (Å²) in [5.41, 5.74) is 1.38. The molecule has 0 saturated heterocycles. The average molecular weight is 435 g/mol. The van der Waals surface area contributed by atoms with Crippen molar-refractivity contribution in [2.75, 3.05) is 5.32 Å². The second-order valence-corrected chi connectivity index (χ2v) is 7.42. The van der Waals surface area contributed by atoms with Gasteiger partial charge in [0.1, 0.15) is 0 Å².